The Morgan fingerprint density at radius 3 is 2.20 bits per heavy atom. The fourth-order valence-electron chi connectivity index (χ4n) is 3.24. The molecule has 0 aliphatic carbocycles. The number of nitrogens with zero attached hydrogens (tertiary/aromatic N) is 1. The van der Waals surface area contributed by atoms with E-state index in [1.165, 1.54) is 0 Å². The van der Waals surface area contributed by atoms with Gasteiger partial charge in [0.05, 0.1) is 31.5 Å². The lowest BCUT2D eigenvalue weighted by Crippen LogP contribution is -2.57. The highest BCUT2D eigenvalue weighted by atomic mass is 16.5. The van der Waals surface area contributed by atoms with E-state index in [1.807, 2.05) is 0 Å². The van der Waals surface area contributed by atoms with E-state index in [4.69, 9.17) is 14.2 Å². The zero-order chi connectivity index (χ0) is 18.3. The Morgan fingerprint density at radius 1 is 0.920 bits per heavy atom. The molecule has 1 heterocycles. The van der Waals surface area contributed by atoms with Crippen LogP contribution < -0.4 is 0 Å². The number of aliphatic hydroxyl groups is 1. The lowest BCUT2D eigenvalue weighted by molar-refractivity contribution is -0.122. The van der Waals surface area contributed by atoms with Gasteiger partial charge in [-0.2, -0.15) is 0 Å². The quantitative estimate of drug-likeness (QED) is 0.455. The minimum Gasteiger partial charge on any atom is -0.395 e. The predicted octanol–water partition coefficient (Wildman–Crippen LogP) is 3.24. The van der Waals surface area contributed by atoms with Gasteiger partial charge in [0.25, 0.3) is 0 Å². The third-order valence-corrected chi connectivity index (χ3v) is 4.83. The maximum absolute atomic E-state index is 9.48. The molecule has 1 saturated heterocycles. The fourth-order valence-corrected chi connectivity index (χ4v) is 3.24. The molecular formula is C20H41NO4. The second-order valence-electron chi connectivity index (χ2n) is 7.06. The van der Waals surface area contributed by atoms with Crippen LogP contribution in [0, 0.1) is 0 Å². The third kappa shape index (κ3) is 9.34. The van der Waals surface area contributed by atoms with Crippen LogP contribution in [0.5, 0.6) is 0 Å². The van der Waals surface area contributed by atoms with Gasteiger partial charge in [-0.05, 0) is 19.3 Å². The zero-order valence-electron chi connectivity index (χ0n) is 16.8. The molecular weight excluding hydrogens is 318 g/mol. The van der Waals surface area contributed by atoms with Gasteiger partial charge in [0.15, 0.2) is 0 Å². The van der Waals surface area contributed by atoms with Crippen LogP contribution in [0.1, 0.15) is 65.7 Å². The molecule has 1 aliphatic rings. The molecule has 2 unspecified atom stereocenters. The van der Waals surface area contributed by atoms with Crippen LogP contribution in [-0.4, -0.2) is 74.4 Å². The van der Waals surface area contributed by atoms with Crippen LogP contribution in [0.3, 0.4) is 0 Å². The summed E-state index contributed by atoms with van der Waals surface area (Å²) in [6.45, 7) is 11.3. The van der Waals surface area contributed by atoms with Crippen molar-refractivity contribution in [2.75, 3.05) is 46.1 Å². The fraction of sp³-hybridized carbons (Fsp3) is 1.00. The van der Waals surface area contributed by atoms with Gasteiger partial charge in [0, 0.05) is 39.3 Å². The first-order valence-corrected chi connectivity index (χ1v) is 10.4. The van der Waals surface area contributed by atoms with Crippen molar-refractivity contribution in [3.8, 4) is 0 Å². The number of rotatable bonds is 15. The molecule has 0 bridgehead atoms. The normalized spacial score (nSPS) is 24.7. The van der Waals surface area contributed by atoms with E-state index < -0.39 is 0 Å². The van der Waals surface area contributed by atoms with Crippen molar-refractivity contribution in [3.63, 3.8) is 0 Å². The van der Waals surface area contributed by atoms with E-state index in [9.17, 15) is 5.11 Å². The molecule has 1 rings (SSSR count). The van der Waals surface area contributed by atoms with Gasteiger partial charge >= 0.3 is 0 Å². The third-order valence-electron chi connectivity index (χ3n) is 4.83. The summed E-state index contributed by atoms with van der Waals surface area (Å²) in [5.41, 5.74) is 0. The maximum Gasteiger partial charge on any atom is 0.0777 e. The maximum atomic E-state index is 9.48. The van der Waals surface area contributed by atoms with Gasteiger partial charge in [-0.3, -0.25) is 4.90 Å². The Morgan fingerprint density at radius 2 is 1.56 bits per heavy atom. The second-order valence-corrected chi connectivity index (χ2v) is 7.06. The lowest BCUT2D eigenvalue weighted by Gasteiger charge is -2.44. The Hall–Kier alpha value is -0.200. The highest BCUT2D eigenvalue weighted by Gasteiger charge is 2.37. The van der Waals surface area contributed by atoms with Gasteiger partial charge in [-0.15, -0.1) is 0 Å². The van der Waals surface area contributed by atoms with E-state index in [0.717, 1.165) is 71.3 Å². The van der Waals surface area contributed by atoms with Crippen LogP contribution in [0.15, 0.2) is 0 Å². The van der Waals surface area contributed by atoms with Gasteiger partial charge in [0.2, 0.25) is 0 Å². The number of aliphatic hydroxyl groups excluding tert-OH is 1. The summed E-state index contributed by atoms with van der Waals surface area (Å²) < 4.78 is 18.2. The minimum atomic E-state index is 0.125. The Labute approximate surface area is 155 Å². The molecule has 0 amide bonds. The predicted molar refractivity (Wildman–Crippen MR) is 102 cm³/mol. The van der Waals surface area contributed by atoms with E-state index in [2.05, 4.69) is 25.7 Å². The highest BCUT2D eigenvalue weighted by Crippen LogP contribution is 2.24. The molecule has 150 valence electrons. The van der Waals surface area contributed by atoms with Crippen molar-refractivity contribution in [2.24, 2.45) is 0 Å². The van der Waals surface area contributed by atoms with Crippen LogP contribution in [-0.2, 0) is 14.2 Å². The van der Waals surface area contributed by atoms with Crippen molar-refractivity contribution in [1.82, 2.24) is 4.90 Å². The molecule has 0 saturated carbocycles. The molecule has 1 N–H and O–H groups in total. The summed E-state index contributed by atoms with van der Waals surface area (Å²) in [5, 5.41) is 9.48. The van der Waals surface area contributed by atoms with Crippen LogP contribution in [0.4, 0.5) is 0 Å². The van der Waals surface area contributed by atoms with Gasteiger partial charge < -0.3 is 19.3 Å². The number of hydrogen-bond donors (Lipinski definition) is 1. The molecule has 3 atom stereocenters. The first-order chi connectivity index (χ1) is 12.3. The van der Waals surface area contributed by atoms with Crippen molar-refractivity contribution < 1.29 is 19.3 Å². The Kier molecular flexibility index (Phi) is 13.6. The molecule has 5 heteroatoms. The van der Waals surface area contributed by atoms with Gasteiger partial charge in [0.1, 0.15) is 0 Å². The first kappa shape index (κ1) is 22.8. The van der Waals surface area contributed by atoms with Crippen LogP contribution in [0.25, 0.3) is 0 Å². The zero-order valence-corrected chi connectivity index (χ0v) is 16.8. The van der Waals surface area contributed by atoms with E-state index in [-0.39, 0.29) is 24.9 Å². The number of hydrogen-bond acceptors (Lipinski definition) is 5. The topological polar surface area (TPSA) is 51.2 Å². The molecule has 0 spiro atoms. The summed E-state index contributed by atoms with van der Waals surface area (Å²) in [4.78, 5) is 2.31. The summed E-state index contributed by atoms with van der Waals surface area (Å²) >= 11 is 0. The van der Waals surface area contributed by atoms with Crippen LogP contribution >= 0.6 is 0 Å². The summed E-state index contributed by atoms with van der Waals surface area (Å²) in [6, 6.07) is 0.215. The molecule has 25 heavy (non-hydrogen) atoms. The van der Waals surface area contributed by atoms with E-state index >= 15 is 0 Å². The van der Waals surface area contributed by atoms with Crippen molar-refractivity contribution in [3.05, 3.63) is 0 Å². The standard InChI is InChI=1S/C20H41NO4/c1-4-7-12-23-17-19-20(25-14-9-6-3)15-18(24-13-8-5-2)16-21(19)10-11-22/h18-20,22H,4-17H2,1-3H3/t18?,19?,20-/m0/s1. The molecule has 0 aromatic carbocycles. The number of unbranched alkanes of at least 4 members (excludes halogenated alkanes) is 3. The molecule has 5 nitrogen and oxygen atoms in total. The minimum absolute atomic E-state index is 0.125. The first-order valence-electron chi connectivity index (χ1n) is 10.4. The van der Waals surface area contributed by atoms with Crippen molar-refractivity contribution in [2.45, 2.75) is 84.0 Å². The summed E-state index contributed by atoms with van der Waals surface area (Å²) in [7, 11) is 0. The van der Waals surface area contributed by atoms with Crippen LogP contribution in [0.2, 0.25) is 0 Å². The SMILES string of the molecule is CCCCOCC1[C@@H](OCCCC)CC(OCCCC)CN1CCO. The molecule has 0 aromatic heterocycles. The van der Waals surface area contributed by atoms with E-state index in [0.29, 0.717) is 13.2 Å². The van der Waals surface area contributed by atoms with Crippen molar-refractivity contribution >= 4 is 0 Å². The Balaban J connectivity index is 2.64. The number of ether oxygens (including phenoxy) is 3. The smallest absolute Gasteiger partial charge is 0.0777 e. The van der Waals surface area contributed by atoms with Crippen molar-refractivity contribution in [1.29, 1.82) is 0 Å². The molecule has 0 aromatic rings. The summed E-state index contributed by atoms with van der Waals surface area (Å²) in [5.74, 6) is 0. The molecule has 1 aliphatic heterocycles. The Bertz CT molecular complexity index is 303. The lowest BCUT2D eigenvalue weighted by atomic mass is 9.96. The van der Waals surface area contributed by atoms with E-state index in [1.54, 1.807) is 0 Å². The number of piperidine rings is 1. The average molecular weight is 360 g/mol. The highest BCUT2D eigenvalue weighted by molar-refractivity contribution is 4.90. The number of β-amino-alcohol motifs (C(OH)–C–C–N with tert-alkyl or cyclic N) is 1. The van der Waals surface area contributed by atoms with Gasteiger partial charge in [-0.1, -0.05) is 40.0 Å². The average Bonchev–Trinajstić information content (AvgIpc) is 2.61. The monoisotopic (exact) mass is 359 g/mol. The molecule has 0 radical (unpaired) electrons. The van der Waals surface area contributed by atoms with Gasteiger partial charge in [-0.25, -0.2) is 0 Å². The second kappa shape index (κ2) is 14.9. The number of likely N-dealkylation sites (tertiary alicyclic amines) is 1. The largest absolute Gasteiger partial charge is 0.395 e. The molecule has 1 fully saturated rings. The summed E-state index contributed by atoms with van der Waals surface area (Å²) in [6.07, 6.45) is 7.96.